The third-order valence-corrected chi connectivity index (χ3v) is 5.68. The number of amides is 1. The van der Waals surface area contributed by atoms with Crippen LogP contribution in [0, 0.1) is 23.7 Å². The Morgan fingerprint density at radius 2 is 2.30 bits per heavy atom. The van der Waals surface area contributed by atoms with Crippen LogP contribution in [0.2, 0.25) is 0 Å². The van der Waals surface area contributed by atoms with Crippen molar-refractivity contribution in [2.75, 3.05) is 18.5 Å². The predicted octanol–water partition coefficient (Wildman–Crippen LogP) is 2.30. The van der Waals surface area contributed by atoms with E-state index in [4.69, 9.17) is 11.2 Å². The van der Waals surface area contributed by atoms with Gasteiger partial charge in [-0.3, -0.25) is 10.1 Å². The van der Waals surface area contributed by atoms with Crippen molar-refractivity contribution in [3.05, 3.63) is 42.4 Å². The maximum atomic E-state index is 11.5. The minimum absolute atomic E-state index is 0.0205. The molecule has 9 nitrogen and oxygen atoms in total. The summed E-state index contributed by atoms with van der Waals surface area (Å²) in [4.78, 5) is 16.1. The zero-order valence-electron chi connectivity index (χ0n) is 18.6. The molecule has 0 bridgehead atoms. The molecule has 1 aliphatic heterocycles. The molecule has 4 rings (SSSR count). The van der Waals surface area contributed by atoms with Gasteiger partial charge in [-0.2, -0.15) is 10.4 Å². The maximum absolute atomic E-state index is 11.5. The molecule has 3 aromatic heterocycles. The van der Waals surface area contributed by atoms with E-state index >= 15 is 0 Å². The summed E-state index contributed by atoms with van der Waals surface area (Å²) in [7, 11) is 0. The second-order valence-electron chi connectivity index (χ2n) is 8.19. The number of hydrogen-bond acceptors (Lipinski definition) is 7. The van der Waals surface area contributed by atoms with Gasteiger partial charge in [0.25, 0.3) is 5.91 Å². The number of hydrogen-bond donors (Lipinski definition) is 3. The molecule has 9 heteroatoms. The van der Waals surface area contributed by atoms with Gasteiger partial charge in [-0.15, -0.1) is 6.42 Å². The minimum Gasteiger partial charge on any atom is -0.492 e. The summed E-state index contributed by atoms with van der Waals surface area (Å²) >= 11 is 0. The summed E-state index contributed by atoms with van der Waals surface area (Å²) in [5.74, 6) is 3.09. The first kappa shape index (κ1) is 22.1. The maximum Gasteiger partial charge on any atom is 0.296 e. The molecule has 4 heterocycles. The SMILES string of the molecule is C#CC(=O)NC1(C)CCC(Nc2ccc(-c3cc(OCC)cn4ncc(C#N)c34)cn2)NC1. The largest absolute Gasteiger partial charge is 0.492 e. The van der Waals surface area contributed by atoms with E-state index in [1.165, 1.54) is 0 Å². The van der Waals surface area contributed by atoms with Crippen molar-refractivity contribution in [1.82, 2.24) is 25.2 Å². The first-order chi connectivity index (χ1) is 15.9. The van der Waals surface area contributed by atoms with E-state index < -0.39 is 5.91 Å². The molecular weight excluding hydrogens is 418 g/mol. The number of pyridine rings is 2. The molecule has 0 spiro atoms. The molecule has 3 N–H and O–H groups in total. The van der Waals surface area contributed by atoms with Crippen LogP contribution in [0.1, 0.15) is 32.3 Å². The lowest BCUT2D eigenvalue weighted by molar-refractivity contribution is -0.117. The molecule has 1 fully saturated rings. The molecule has 168 valence electrons. The molecule has 0 radical (unpaired) electrons. The fourth-order valence-electron chi connectivity index (χ4n) is 4.00. The standard InChI is InChI=1S/C24H25N7O2/c1-4-22(32)30-24(3)9-8-21(27-15-24)29-20-7-6-16(12-26-20)19-10-18(33-5-2)14-31-23(19)17(11-25)13-28-31/h1,6-7,10,12-14,21,27H,5,8-9,15H2,2-3H3,(H,26,29)(H,30,32). The predicted molar refractivity (Wildman–Crippen MR) is 124 cm³/mol. The van der Waals surface area contributed by atoms with Crippen LogP contribution in [0.15, 0.2) is 36.8 Å². The van der Waals surface area contributed by atoms with Crippen LogP contribution in [0.25, 0.3) is 16.6 Å². The lowest BCUT2D eigenvalue weighted by Gasteiger charge is -2.38. The molecule has 0 aromatic carbocycles. The summed E-state index contributed by atoms with van der Waals surface area (Å²) in [5, 5.41) is 23.4. The molecule has 1 saturated heterocycles. The van der Waals surface area contributed by atoms with Crippen molar-refractivity contribution in [3.8, 4) is 35.3 Å². The van der Waals surface area contributed by atoms with Crippen LogP contribution in [-0.2, 0) is 4.79 Å². The second-order valence-corrected chi connectivity index (χ2v) is 8.19. The lowest BCUT2D eigenvalue weighted by atomic mass is 9.91. The zero-order valence-corrected chi connectivity index (χ0v) is 18.6. The molecule has 3 aromatic rings. The van der Waals surface area contributed by atoms with Crippen molar-refractivity contribution in [3.63, 3.8) is 0 Å². The topological polar surface area (TPSA) is 116 Å². The van der Waals surface area contributed by atoms with Crippen LogP contribution in [-0.4, -0.2) is 45.4 Å². The van der Waals surface area contributed by atoms with E-state index in [1.54, 1.807) is 23.1 Å². The molecule has 0 saturated carbocycles. The Labute approximate surface area is 192 Å². The Balaban J connectivity index is 1.50. The number of carbonyl (C=O) groups is 1. The Morgan fingerprint density at radius 3 is 2.94 bits per heavy atom. The Morgan fingerprint density at radius 1 is 1.45 bits per heavy atom. The second kappa shape index (κ2) is 9.19. The van der Waals surface area contributed by atoms with Crippen molar-refractivity contribution in [2.45, 2.75) is 38.4 Å². The molecule has 0 aliphatic carbocycles. The summed E-state index contributed by atoms with van der Waals surface area (Å²) in [6.45, 7) is 5.01. The van der Waals surface area contributed by atoms with Crippen molar-refractivity contribution in [2.24, 2.45) is 0 Å². The summed E-state index contributed by atoms with van der Waals surface area (Å²) in [5.41, 5.74) is 2.50. The van der Waals surface area contributed by atoms with Crippen molar-refractivity contribution >= 4 is 17.2 Å². The van der Waals surface area contributed by atoms with Crippen LogP contribution in [0.4, 0.5) is 5.82 Å². The van der Waals surface area contributed by atoms with Crippen LogP contribution < -0.4 is 20.7 Å². The highest BCUT2D eigenvalue weighted by atomic mass is 16.5. The molecule has 1 aliphatic rings. The van der Waals surface area contributed by atoms with Gasteiger partial charge in [0.2, 0.25) is 0 Å². The zero-order chi connectivity index (χ0) is 23.4. The monoisotopic (exact) mass is 443 g/mol. The van der Waals surface area contributed by atoms with E-state index in [1.807, 2.05) is 32.0 Å². The highest BCUT2D eigenvalue weighted by Gasteiger charge is 2.31. The number of anilines is 1. The van der Waals surface area contributed by atoms with Crippen molar-refractivity contribution in [1.29, 1.82) is 5.26 Å². The van der Waals surface area contributed by atoms with Crippen LogP contribution in [0.5, 0.6) is 5.75 Å². The molecule has 33 heavy (non-hydrogen) atoms. The normalized spacial score (nSPS) is 19.9. The number of nitrogens with zero attached hydrogens (tertiary/aromatic N) is 4. The highest BCUT2D eigenvalue weighted by molar-refractivity contribution is 5.93. The van der Waals surface area contributed by atoms with Gasteiger partial charge in [-0.25, -0.2) is 9.50 Å². The molecule has 1 amide bonds. The van der Waals surface area contributed by atoms with Crippen molar-refractivity contribution < 1.29 is 9.53 Å². The molecular formula is C24H25N7O2. The Hall–Kier alpha value is -4.08. The average molecular weight is 444 g/mol. The third-order valence-electron chi connectivity index (χ3n) is 5.68. The van der Waals surface area contributed by atoms with Gasteiger partial charge in [0.1, 0.15) is 17.6 Å². The van der Waals surface area contributed by atoms with E-state index in [9.17, 15) is 10.1 Å². The van der Waals surface area contributed by atoms with Crippen LogP contribution in [0.3, 0.4) is 0 Å². The van der Waals surface area contributed by atoms with Gasteiger partial charge in [0, 0.05) is 23.9 Å². The van der Waals surface area contributed by atoms with E-state index in [0.29, 0.717) is 30.0 Å². The van der Waals surface area contributed by atoms with Gasteiger partial charge in [-0.05, 0) is 50.8 Å². The first-order valence-corrected chi connectivity index (χ1v) is 10.7. The number of rotatable bonds is 6. The Kier molecular flexibility index (Phi) is 6.16. The number of ether oxygens (including phenoxy) is 1. The summed E-state index contributed by atoms with van der Waals surface area (Å²) in [6.07, 6.45) is 11.8. The number of aromatic nitrogens is 3. The average Bonchev–Trinajstić information content (AvgIpc) is 3.24. The summed E-state index contributed by atoms with van der Waals surface area (Å²) in [6, 6.07) is 7.95. The molecule has 2 unspecified atom stereocenters. The number of nitriles is 1. The third kappa shape index (κ3) is 4.74. The number of piperidine rings is 1. The number of fused-ring (bicyclic) bond motifs is 1. The number of terminal acetylenes is 1. The Bertz CT molecular complexity index is 1240. The lowest BCUT2D eigenvalue weighted by Crippen LogP contribution is -2.59. The van der Waals surface area contributed by atoms with Gasteiger partial charge >= 0.3 is 0 Å². The van der Waals surface area contributed by atoms with Gasteiger partial charge in [0.05, 0.1) is 41.8 Å². The summed E-state index contributed by atoms with van der Waals surface area (Å²) < 4.78 is 7.33. The van der Waals surface area contributed by atoms with Gasteiger partial charge in [-0.1, -0.05) is 0 Å². The van der Waals surface area contributed by atoms with E-state index in [0.717, 1.165) is 29.8 Å². The fraction of sp³-hybridized carbons (Fsp3) is 0.333. The smallest absolute Gasteiger partial charge is 0.296 e. The first-order valence-electron chi connectivity index (χ1n) is 10.7. The number of carbonyl (C=O) groups excluding carboxylic acids is 1. The highest BCUT2D eigenvalue weighted by Crippen LogP contribution is 2.31. The van der Waals surface area contributed by atoms with Crippen LogP contribution >= 0.6 is 0 Å². The van der Waals surface area contributed by atoms with Gasteiger partial charge in [0.15, 0.2) is 0 Å². The fourth-order valence-corrected chi connectivity index (χ4v) is 4.00. The number of nitrogens with one attached hydrogen (secondary N) is 3. The molecule has 2 atom stereocenters. The quantitative estimate of drug-likeness (QED) is 0.501. The van der Waals surface area contributed by atoms with Gasteiger partial charge < -0.3 is 15.4 Å². The van der Waals surface area contributed by atoms with E-state index in [2.05, 4.69) is 38.0 Å². The van der Waals surface area contributed by atoms with E-state index in [-0.39, 0.29) is 11.7 Å². The minimum atomic E-state index is -0.400.